The lowest BCUT2D eigenvalue weighted by Crippen LogP contribution is -2.34. The molecular formula is C17H21NO3. The monoisotopic (exact) mass is 287 g/mol. The van der Waals surface area contributed by atoms with Crippen molar-refractivity contribution in [3.63, 3.8) is 0 Å². The maximum absolute atomic E-state index is 6.09. The van der Waals surface area contributed by atoms with E-state index in [0.29, 0.717) is 6.61 Å². The molecule has 112 valence electrons. The highest BCUT2D eigenvalue weighted by molar-refractivity contribution is 5.38. The Morgan fingerprint density at radius 1 is 1.29 bits per heavy atom. The summed E-state index contributed by atoms with van der Waals surface area (Å²) in [4.78, 5) is 0. The van der Waals surface area contributed by atoms with Crippen LogP contribution in [0.25, 0.3) is 0 Å². The van der Waals surface area contributed by atoms with E-state index in [2.05, 4.69) is 24.4 Å². The van der Waals surface area contributed by atoms with Gasteiger partial charge in [-0.05, 0) is 30.3 Å². The molecule has 1 aromatic heterocycles. The van der Waals surface area contributed by atoms with E-state index >= 15 is 0 Å². The Morgan fingerprint density at radius 2 is 2.14 bits per heavy atom. The fourth-order valence-corrected chi connectivity index (χ4v) is 2.81. The van der Waals surface area contributed by atoms with E-state index in [1.165, 1.54) is 5.56 Å². The Labute approximate surface area is 125 Å². The van der Waals surface area contributed by atoms with Crippen LogP contribution in [0.2, 0.25) is 0 Å². The zero-order valence-corrected chi connectivity index (χ0v) is 12.5. The highest BCUT2D eigenvalue weighted by Crippen LogP contribution is 2.34. The summed E-state index contributed by atoms with van der Waals surface area (Å²) in [6.07, 6.45) is 0.956. The number of methoxy groups -OCH3 is 1. The number of fused-ring (bicyclic) bond motifs is 1. The van der Waals surface area contributed by atoms with Crippen LogP contribution in [0.4, 0.5) is 0 Å². The Kier molecular flexibility index (Phi) is 4.27. The van der Waals surface area contributed by atoms with Crippen molar-refractivity contribution in [2.45, 2.75) is 32.1 Å². The molecule has 0 saturated carbocycles. The van der Waals surface area contributed by atoms with Gasteiger partial charge in [0.25, 0.3) is 0 Å². The summed E-state index contributed by atoms with van der Waals surface area (Å²) in [6, 6.07) is 12.2. The number of rotatable bonds is 6. The van der Waals surface area contributed by atoms with Crippen molar-refractivity contribution in [2.24, 2.45) is 0 Å². The maximum Gasteiger partial charge on any atom is 0.129 e. The fraction of sp³-hybridized carbons (Fsp3) is 0.412. The molecule has 0 fully saturated rings. The molecule has 4 heteroatoms. The summed E-state index contributed by atoms with van der Waals surface area (Å²) in [6.45, 7) is 3.44. The Balaban J connectivity index is 1.79. The van der Waals surface area contributed by atoms with Gasteiger partial charge in [0.2, 0.25) is 0 Å². The van der Waals surface area contributed by atoms with E-state index in [-0.39, 0.29) is 12.1 Å². The first-order chi connectivity index (χ1) is 10.3. The summed E-state index contributed by atoms with van der Waals surface area (Å²) in [5.41, 5.74) is 1.26. The van der Waals surface area contributed by atoms with Crippen LogP contribution in [-0.2, 0) is 17.8 Å². The molecule has 0 aliphatic carbocycles. The van der Waals surface area contributed by atoms with Crippen molar-refractivity contribution < 1.29 is 13.9 Å². The summed E-state index contributed by atoms with van der Waals surface area (Å²) in [5.74, 6) is 2.72. The van der Waals surface area contributed by atoms with Crippen LogP contribution in [0.5, 0.6) is 5.75 Å². The molecular weight excluding hydrogens is 266 g/mol. The Morgan fingerprint density at radius 3 is 2.90 bits per heavy atom. The molecule has 1 N–H and O–H groups in total. The fourth-order valence-electron chi connectivity index (χ4n) is 2.81. The van der Waals surface area contributed by atoms with Gasteiger partial charge in [-0.2, -0.15) is 0 Å². The molecule has 2 unspecified atom stereocenters. The predicted octanol–water partition coefficient (Wildman–Crippen LogP) is 3.08. The zero-order chi connectivity index (χ0) is 14.7. The molecule has 0 spiro atoms. The van der Waals surface area contributed by atoms with Crippen LogP contribution in [0.3, 0.4) is 0 Å². The third-order valence-corrected chi connectivity index (χ3v) is 3.74. The normalized spacial score (nSPS) is 18.3. The van der Waals surface area contributed by atoms with Crippen molar-refractivity contribution in [1.82, 2.24) is 5.32 Å². The minimum Gasteiger partial charge on any atom is -0.488 e. The van der Waals surface area contributed by atoms with Gasteiger partial charge >= 0.3 is 0 Å². The summed E-state index contributed by atoms with van der Waals surface area (Å²) in [7, 11) is 1.67. The molecule has 0 saturated heterocycles. The summed E-state index contributed by atoms with van der Waals surface area (Å²) in [5, 5.41) is 3.47. The predicted molar refractivity (Wildman–Crippen MR) is 80.4 cm³/mol. The topological polar surface area (TPSA) is 43.6 Å². The van der Waals surface area contributed by atoms with E-state index in [4.69, 9.17) is 13.9 Å². The van der Waals surface area contributed by atoms with Gasteiger partial charge in [-0.15, -0.1) is 0 Å². The molecule has 2 atom stereocenters. The minimum atomic E-state index is 0.0491. The molecule has 4 nitrogen and oxygen atoms in total. The van der Waals surface area contributed by atoms with E-state index in [0.717, 1.165) is 30.2 Å². The second-order valence-electron chi connectivity index (χ2n) is 5.24. The van der Waals surface area contributed by atoms with Crippen LogP contribution in [0, 0.1) is 0 Å². The molecule has 1 aliphatic heterocycles. The lowest BCUT2D eigenvalue weighted by molar-refractivity contribution is 0.146. The van der Waals surface area contributed by atoms with Crippen LogP contribution < -0.4 is 10.1 Å². The van der Waals surface area contributed by atoms with Crippen molar-refractivity contribution in [3.05, 3.63) is 53.5 Å². The van der Waals surface area contributed by atoms with Gasteiger partial charge in [-0.25, -0.2) is 0 Å². The highest BCUT2D eigenvalue weighted by Gasteiger charge is 2.32. The lowest BCUT2D eigenvalue weighted by Gasteiger charge is -2.22. The summed E-state index contributed by atoms with van der Waals surface area (Å²) < 4.78 is 17.1. The van der Waals surface area contributed by atoms with Crippen LogP contribution >= 0.6 is 0 Å². The Hall–Kier alpha value is -1.78. The maximum atomic E-state index is 6.09. The quantitative estimate of drug-likeness (QED) is 0.886. The largest absolute Gasteiger partial charge is 0.488 e. The number of benzene rings is 1. The third-order valence-electron chi connectivity index (χ3n) is 3.74. The lowest BCUT2D eigenvalue weighted by atomic mass is 10.0. The second kappa shape index (κ2) is 6.33. The Bertz CT molecular complexity index is 568. The van der Waals surface area contributed by atoms with Crippen molar-refractivity contribution >= 4 is 0 Å². The minimum absolute atomic E-state index is 0.0491. The summed E-state index contributed by atoms with van der Waals surface area (Å²) >= 11 is 0. The number of hydrogen-bond acceptors (Lipinski definition) is 4. The van der Waals surface area contributed by atoms with Crippen molar-refractivity contribution in [2.75, 3.05) is 13.7 Å². The van der Waals surface area contributed by atoms with Crippen LogP contribution in [-0.4, -0.2) is 19.8 Å². The van der Waals surface area contributed by atoms with Gasteiger partial charge in [-0.1, -0.05) is 25.1 Å². The number of likely N-dealkylation sites (N-methyl/N-ethyl adjacent to an activating group) is 1. The molecule has 1 aromatic carbocycles. The third kappa shape index (κ3) is 2.96. The standard InChI is InChI=1S/C17H21NO3/c1-3-18-17(15-9-8-13(20-15)11-19-2)16-10-12-6-4-5-7-14(12)21-16/h4-9,16-18H,3,10-11H2,1-2H3. The zero-order valence-electron chi connectivity index (χ0n) is 12.5. The first kappa shape index (κ1) is 14.2. The van der Waals surface area contributed by atoms with E-state index in [1.807, 2.05) is 24.3 Å². The average molecular weight is 287 g/mol. The van der Waals surface area contributed by atoms with Gasteiger partial charge in [0, 0.05) is 13.5 Å². The molecule has 0 radical (unpaired) electrons. The number of ether oxygens (including phenoxy) is 2. The van der Waals surface area contributed by atoms with Crippen molar-refractivity contribution in [1.29, 1.82) is 0 Å². The van der Waals surface area contributed by atoms with E-state index in [1.54, 1.807) is 7.11 Å². The van der Waals surface area contributed by atoms with Gasteiger partial charge in [0.05, 0.1) is 0 Å². The molecule has 1 aliphatic rings. The highest BCUT2D eigenvalue weighted by atomic mass is 16.5. The number of hydrogen-bond donors (Lipinski definition) is 1. The van der Waals surface area contributed by atoms with Crippen molar-refractivity contribution in [3.8, 4) is 5.75 Å². The van der Waals surface area contributed by atoms with Gasteiger partial charge in [0.15, 0.2) is 0 Å². The SMILES string of the molecule is CCNC(c1ccc(COC)o1)C1Cc2ccccc2O1. The first-order valence-electron chi connectivity index (χ1n) is 7.37. The number of nitrogens with one attached hydrogen (secondary N) is 1. The van der Waals surface area contributed by atoms with Crippen LogP contribution in [0.1, 0.15) is 30.0 Å². The average Bonchev–Trinajstić information content (AvgIpc) is 3.11. The molecule has 2 aromatic rings. The second-order valence-corrected chi connectivity index (χ2v) is 5.24. The smallest absolute Gasteiger partial charge is 0.129 e. The van der Waals surface area contributed by atoms with Gasteiger partial charge < -0.3 is 19.2 Å². The van der Waals surface area contributed by atoms with Crippen LogP contribution in [0.15, 0.2) is 40.8 Å². The molecule has 3 rings (SSSR count). The first-order valence-corrected chi connectivity index (χ1v) is 7.37. The number of para-hydroxylation sites is 1. The van der Waals surface area contributed by atoms with Gasteiger partial charge in [-0.3, -0.25) is 0 Å². The van der Waals surface area contributed by atoms with Gasteiger partial charge in [0.1, 0.15) is 36.0 Å². The molecule has 0 bridgehead atoms. The van der Waals surface area contributed by atoms with E-state index in [9.17, 15) is 0 Å². The number of furan rings is 1. The van der Waals surface area contributed by atoms with E-state index < -0.39 is 0 Å². The molecule has 2 heterocycles. The molecule has 0 amide bonds. The molecule has 21 heavy (non-hydrogen) atoms.